The molecule has 16 rings (SSSR count). The van der Waals surface area contributed by atoms with E-state index >= 15 is 0 Å². The number of pyridine rings is 1. The Morgan fingerprint density at radius 2 is 0.937 bits per heavy atom. The summed E-state index contributed by atoms with van der Waals surface area (Å²) in [6.07, 6.45) is 8.78. The average Bonchev–Trinajstić information content (AvgIpc) is 3.53. The van der Waals surface area contributed by atoms with E-state index in [0.29, 0.717) is 24.2 Å². The molecule has 0 unspecified atom stereocenters. The Labute approximate surface area is 356 Å². The van der Waals surface area contributed by atoms with Crippen LogP contribution in [0.25, 0.3) is 130 Å². The molecule has 12 aromatic carbocycles. The lowest BCUT2D eigenvalue weighted by atomic mass is 9.80. The monoisotopic (exact) mass is 802 g/mol. The highest BCUT2D eigenvalue weighted by atomic mass is 16.2. The number of hydrogen-bond donors (Lipinski definition) is 1. The van der Waals surface area contributed by atoms with E-state index in [9.17, 15) is 9.59 Å². The van der Waals surface area contributed by atoms with Gasteiger partial charge in [-0.05, 0) is 139 Å². The zero-order chi connectivity index (χ0) is 41.1. The summed E-state index contributed by atoms with van der Waals surface area (Å²) in [7, 11) is 0. The highest BCUT2D eigenvalue weighted by Gasteiger charge is 2.31. The van der Waals surface area contributed by atoms with E-state index in [1.54, 1.807) is 0 Å². The second kappa shape index (κ2) is 10.7. The lowest BCUT2D eigenvalue weighted by molar-refractivity contribution is 0.0984. The first kappa shape index (κ1) is 32.4. The number of benzene rings is 12. The number of allylic oxidation sites excluding steroid dienone is 3. The normalized spacial score (nSPS) is 14.5. The molecule has 0 saturated heterocycles. The molecule has 2 N–H and O–H groups in total. The number of nitrogens with two attached hydrogens (primary N) is 1. The third-order valence-corrected chi connectivity index (χ3v) is 15.0. The van der Waals surface area contributed by atoms with Crippen LogP contribution in [0.4, 0.5) is 11.4 Å². The van der Waals surface area contributed by atoms with Crippen molar-refractivity contribution in [3.05, 3.63) is 172 Å². The number of fused-ring (bicyclic) bond motifs is 10. The highest BCUT2D eigenvalue weighted by Crippen LogP contribution is 2.52. The first-order valence-corrected chi connectivity index (χ1v) is 21.6. The van der Waals surface area contributed by atoms with Gasteiger partial charge in [0.2, 0.25) is 0 Å². The minimum Gasteiger partial charge on any atom is -0.397 e. The molecule has 290 valence electrons. The Bertz CT molecular complexity index is 4490. The number of para-hydroxylation sites is 2. The molecule has 2 aliphatic rings. The number of nitrogen functional groups attached to an aromatic ring is 1. The predicted octanol–water partition coefficient (Wildman–Crippen LogP) is 13.0. The molecular weight excluding hydrogens is 773 g/mol. The first-order valence-electron chi connectivity index (χ1n) is 21.6. The molecule has 14 aromatic rings. The van der Waals surface area contributed by atoms with Crippen molar-refractivity contribution < 1.29 is 4.79 Å². The van der Waals surface area contributed by atoms with Gasteiger partial charge < -0.3 is 10.6 Å². The molecule has 0 fully saturated rings. The van der Waals surface area contributed by atoms with Gasteiger partial charge in [-0.3, -0.25) is 14.0 Å². The molecule has 1 aliphatic carbocycles. The Morgan fingerprint density at radius 1 is 0.476 bits per heavy atom. The summed E-state index contributed by atoms with van der Waals surface area (Å²) in [5.74, 6) is -0.0235. The van der Waals surface area contributed by atoms with Crippen molar-refractivity contribution in [1.82, 2.24) is 9.38 Å². The SMILES string of the molecule is Nc1ccccc1N1Cc2ccc3c4ccc5c6ccc7c8ccc9c%10c(ccc(c%11ccc(c%12ccc(c%13ccc(c2c%133)C1=O)c4c%125)c6c%117)c8%10)c(=O)n1c2c(nc91)C=CC=CC2. The predicted molar refractivity (Wildman–Crippen MR) is 262 cm³/mol. The van der Waals surface area contributed by atoms with Gasteiger partial charge in [0.25, 0.3) is 11.5 Å². The smallest absolute Gasteiger partial charge is 0.264 e. The zero-order valence-corrected chi connectivity index (χ0v) is 33.5. The summed E-state index contributed by atoms with van der Waals surface area (Å²) < 4.78 is 1.84. The lowest BCUT2D eigenvalue weighted by Gasteiger charge is -2.31. The Hall–Kier alpha value is -8.35. The Morgan fingerprint density at radius 3 is 1.49 bits per heavy atom. The number of amides is 1. The van der Waals surface area contributed by atoms with Crippen LogP contribution in [0.15, 0.2) is 144 Å². The minimum absolute atomic E-state index is 0.0111. The fourth-order valence-corrected chi connectivity index (χ4v) is 12.5. The number of hydrogen-bond acceptors (Lipinski definition) is 4. The quantitative estimate of drug-likeness (QED) is 0.102. The summed E-state index contributed by atoms with van der Waals surface area (Å²) in [6.45, 7) is 0.466. The topological polar surface area (TPSA) is 80.7 Å². The van der Waals surface area contributed by atoms with Crippen molar-refractivity contribution in [2.75, 3.05) is 10.6 Å². The molecule has 1 aliphatic heterocycles. The average molecular weight is 803 g/mol. The van der Waals surface area contributed by atoms with Crippen LogP contribution in [0.5, 0.6) is 0 Å². The van der Waals surface area contributed by atoms with Crippen LogP contribution in [0.3, 0.4) is 0 Å². The Kier molecular flexibility index (Phi) is 5.53. The number of rotatable bonds is 1. The number of imidazole rings is 1. The number of aromatic nitrogens is 2. The van der Waals surface area contributed by atoms with Crippen molar-refractivity contribution in [1.29, 1.82) is 0 Å². The van der Waals surface area contributed by atoms with Crippen molar-refractivity contribution in [2.24, 2.45) is 0 Å². The van der Waals surface area contributed by atoms with E-state index in [1.165, 1.54) is 75.4 Å². The zero-order valence-electron chi connectivity index (χ0n) is 33.5. The second-order valence-corrected chi connectivity index (χ2v) is 17.7. The van der Waals surface area contributed by atoms with Gasteiger partial charge in [0.1, 0.15) is 5.65 Å². The van der Waals surface area contributed by atoms with Crippen LogP contribution in [0, 0.1) is 0 Å². The number of nitrogens with zero attached hydrogens (tertiary/aromatic N) is 3. The van der Waals surface area contributed by atoms with Gasteiger partial charge in [-0.2, -0.15) is 0 Å². The van der Waals surface area contributed by atoms with Gasteiger partial charge in [-0.1, -0.05) is 109 Å². The van der Waals surface area contributed by atoms with Crippen LogP contribution in [-0.4, -0.2) is 15.3 Å². The van der Waals surface area contributed by atoms with E-state index in [1.807, 2.05) is 63.9 Å². The van der Waals surface area contributed by atoms with Crippen LogP contribution in [0.2, 0.25) is 0 Å². The molecule has 0 bridgehead atoms. The maximum Gasteiger partial charge on any atom is 0.264 e. The fourth-order valence-electron chi connectivity index (χ4n) is 12.5. The molecule has 3 heterocycles. The van der Waals surface area contributed by atoms with E-state index < -0.39 is 0 Å². The maximum atomic E-state index is 14.4. The molecule has 63 heavy (non-hydrogen) atoms. The molecule has 2 aromatic heterocycles. The largest absolute Gasteiger partial charge is 0.397 e. The number of anilines is 2. The third kappa shape index (κ3) is 3.63. The highest BCUT2D eigenvalue weighted by molar-refractivity contribution is 6.47. The van der Waals surface area contributed by atoms with Crippen LogP contribution in [-0.2, 0) is 13.0 Å². The van der Waals surface area contributed by atoms with Crippen LogP contribution in [0.1, 0.15) is 27.3 Å². The third-order valence-electron chi connectivity index (χ3n) is 15.0. The van der Waals surface area contributed by atoms with E-state index in [2.05, 4.69) is 91.0 Å². The van der Waals surface area contributed by atoms with Gasteiger partial charge in [-0.25, -0.2) is 4.98 Å². The van der Waals surface area contributed by atoms with Gasteiger partial charge in [0.15, 0.2) is 0 Å². The Balaban J connectivity index is 0.977. The van der Waals surface area contributed by atoms with Gasteiger partial charge in [0.05, 0.1) is 29.3 Å². The van der Waals surface area contributed by atoms with Gasteiger partial charge in [0, 0.05) is 33.5 Å². The van der Waals surface area contributed by atoms with Crippen molar-refractivity contribution >= 4 is 148 Å². The molecule has 6 nitrogen and oxygen atoms in total. The van der Waals surface area contributed by atoms with E-state index in [0.717, 1.165) is 71.4 Å². The molecule has 0 radical (unpaired) electrons. The minimum atomic E-state index is -0.0235. The molecule has 0 spiro atoms. The number of carbonyl (C=O) groups is 1. The van der Waals surface area contributed by atoms with Crippen LogP contribution >= 0.6 is 0 Å². The summed E-state index contributed by atoms with van der Waals surface area (Å²) in [5.41, 5.74) is 12.1. The maximum absolute atomic E-state index is 14.4. The summed E-state index contributed by atoms with van der Waals surface area (Å²) in [6, 6.07) is 43.5. The van der Waals surface area contributed by atoms with Crippen molar-refractivity contribution in [3.63, 3.8) is 0 Å². The fraction of sp³-hybridized carbons (Fsp3) is 0.0351. The lowest BCUT2D eigenvalue weighted by Crippen LogP contribution is -2.34. The molecule has 6 heteroatoms. The second-order valence-electron chi connectivity index (χ2n) is 17.7. The molecular formula is C57H30N4O2. The van der Waals surface area contributed by atoms with Crippen molar-refractivity contribution in [2.45, 2.75) is 13.0 Å². The first-order chi connectivity index (χ1) is 31.0. The van der Waals surface area contributed by atoms with E-state index in [-0.39, 0.29) is 11.5 Å². The van der Waals surface area contributed by atoms with Crippen LogP contribution < -0.4 is 16.2 Å². The summed E-state index contributed by atoms with van der Waals surface area (Å²) in [4.78, 5) is 35.6. The molecule has 1 amide bonds. The molecule has 0 saturated carbocycles. The number of carbonyl (C=O) groups excluding carboxylic acids is 1. The molecule has 0 atom stereocenters. The van der Waals surface area contributed by atoms with Gasteiger partial charge >= 0.3 is 0 Å². The van der Waals surface area contributed by atoms with Gasteiger partial charge in [-0.15, -0.1) is 0 Å². The summed E-state index contributed by atoms with van der Waals surface area (Å²) >= 11 is 0. The van der Waals surface area contributed by atoms with E-state index in [4.69, 9.17) is 10.7 Å². The standard InChI is InChI=1S/C57H30N4O2/c58-43-6-4-5-8-45(43)60-26-27-10-11-28-30-12-14-32-34-16-18-36-38-20-23-40-54-42(57(63)61-46-9-3-1-2-7-44(46)59-55(40)61)25-22-39(53(38)54)37-19-17-35(51(34)52(36)37)33-15-13-31(49(30)50(32)33)29-21-24-41(56(60)62)47(27)48(28)29/h1-8,10-25H,9,26,58H2. The summed E-state index contributed by atoms with van der Waals surface area (Å²) in [5, 5.41) is 25.5. The van der Waals surface area contributed by atoms with Crippen molar-refractivity contribution in [3.8, 4) is 0 Å².